The fourth-order valence-corrected chi connectivity index (χ4v) is 0.548. The molecule has 0 spiro atoms. The first-order valence-corrected chi connectivity index (χ1v) is 2.89. The number of pyridine rings is 1. The topological polar surface area (TPSA) is 22.1 Å². The monoisotopic (exact) mass is 122 g/mol. The third kappa shape index (κ3) is 1.72. The molecule has 2 nitrogen and oxygen atoms in total. The number of aromatic nitrogens is 1. The molecule has 0 N–H and O–H groups in total. The summed E-state index contributed by atoms with van der Waals surface area (Å²) in [5, 5.41) is 0. The molecule has 0 aliphatic rings. The van der Waals surface area contributed by atoms with Gasteiger partial charge in [0.1, 0.15) is 11.9 Å². The van der Waals surface area contributed by atoms with E-state index in [4.69, 9.17) is 4.74 Å². The highest BCUT2D eigenvalue weighted by Gasteiger charge is 1.86. The zero-order valence-corrected chi connectivity index (χ0v) is 5.29. The quantitative estimate of drug-likeness (QED) is 0.589. The first-order chi connectivity index (χ1) is 4.43. The van der Waals surface area contributed by atoms with Crippen molar-refractivity contribution < 1.29 is 4.74 Å². The SMILES string of the molecule is CCOc1[c]nccc1. The molecule has 1 heterocycles. The van der Waals surface area contributed by atoms with Crippen molar-refractivity contribution in [1.82, 2.24) is 4.98 Å². The van der Waals surface area contributed by atoms with Crippen LogP contribution in [-0.4, -0.2) is 11.6 Å². The Morgan fingerprint density at radius 2 is 2.67 bits per heavy atom. The first-order valence-electron chi connectivity index (χ1n) is 2.89. The molecular weight excluding hydrogens is 114 g/mol. The van der Waals surface area contributed by atoms with Crippen LogP contribution in [0.5, 0.6) is 5.75 Å². The average Bonchev–Trinajstić information content (AvgIpc) is 1.91. The summed E-state index contributed by atoms with van der Waals surface area (Å²) in [5.41, 5.74) is 0. The van der Waals surface area contributed by atoms with Gasteiger partial charge in [-0.3, -0.25) is 4.98 Å². The van der Waals surface area contributed by atoms with Gasteiger partial charge in [-0.2, -0.15) is 0 Å². The maximum absolute atomic E-state index is 5.09. The first kappa shape index (κ1) is 6.08. The Bertz CT molecular complexity index is 162. The Morgan fingerprint density at radius 1 is 1.78 bits per heavy atom. The zero-order chi connectivity index (χ0) is 6.53. The van der Waals surface area contributed by atoms with Crippen molar-refractivity contribution in [1.29, 1.82) is 0 Å². The predicted molar refractivity (Wildman–Crippen MR) is 34.2 cm³/mol. The summed E-state index contributed by atoms with van der Waals surface area (Å²) in [4.78, 5) is 3.75. The molecule has 0 aliphatic heterocycles. The second-order valence-electron chi connectivity index (χ2n) is 1.55. The standard InChI is InChI=1S/C7H8NO/c1-2-9-7-4-3-5-8-6-7/h3-5H,2H2,1H3. The van der Waals surface area contributed by atoms with Gasteiger partial charge in [-0.15, -0.1) is 0 Å². The highest BCUT2D eigenvalue weighted by atomic mass is 16.5. The van der Waals surface area contributed by atoms with E-state index in [1.165, 1.54) is 0 Å². The van der Waals surface area contributed by atoms with E-state index in [1.807, 2.05) is 19.1 Å². The molecule has 1 aromatic heterocycles. The van der Waals surface area contributed by atoms with Gasteiger partial charge in [-0.25, -0.2) is 0 Å². The van der Waals surface area contributed by atoms with E-state index in [0.717, 1.165) is 0 Å². The summed E-state index contributed by atoms with van der Waals surface area (Å²) < 4.78 is 5.09. The molecule has 0 saturated carbocycles. The van der Waals surface area contributed by atoms with E-state index < -0.39 is 0 Å². The molecule has 0 bridgehead atoms. The van der Waals surface area contributed by atoms with Gasteiger partial charge in [-0.1, -0.05) is 0 Å². The molecular formula is C7H8NO. The largest absolute Gasteiger partial charge is 0.492 e. The van der Waals surface area contributed by atoms with Gasteiger partial charge in [0.25, 0.3) is 0 Å². The lowest BCUT2D eigenvalue weighted by molar-refractivity contribution is 0.338. The summed E-state index contributed by atoms with van der Waals surface area (Å²) in [6.07, 6.45) is 4.37. The van der Waals surface area contributed by atoms with Gasteiger partial charge >= 0.3 is 0 Å². The fraction of sp³-hybridized carbons (Fsp3) is 0.286. The Kier molecular flexibility index (Phi) is 2.07. The Morgan fingerprint density at radius 3 is 3.22 bits per heavy atom. The van der Waals surface area contributed by atoms with Gasteiger partial charge in [0.15, 0.2) is 0 Å². The molecule has 0 unspecified atom stereocenters. The van der Waals surface area contributed by atoms with Crippen molar-refractivity contribution in [2.24, 2.45) is 0 Å². The number of nitrogens with zero attached hydrogens (tertiary/aromatic N) is 1. The molecule has 0 aliphatic carbocycles. The fourth-order valence-electron chi connectivity index (χ4n) is 0.548. The minimum atomic E-state index is 0.669. The van der Waals surface area contributed by atoms with Crippen molar-refractivity contribution in [2.45, 2.75) is 6.92 Å². The van der Waals surface area contributed by atoms with Crippen LogP contribution < -0.4 is 4.74 Å². The minimum absolute atomic E-state index is 0.669. The minimum Gasteiger partial charge on any atom is -0.492 e. The van der Waals surface area contributed by atoms with Gasteiger partial charge in [-0.05, 0) is 19.1 Å². The Balaban J connectivity index is 2.61. The second kappa shape index (κ2) is 3.07. The molecule has 9 heavy (non-hydrogen) atoms. The summed E-state index contributed by atoms with van der Waals surface area (Å²) in [6, 6.07) is 3.65. The van der Waals surface area contributed by atoms with Crippen LogP contribution >= 0.6 is 0 Å². The maximum Gasteiger partial charge on any atom is 0.147 e. The van der Waals surface area contributed by atoms with Gasteiger partial charge in [0.05, 0.1) is 6.61 Å². The lowest BCUT2D eigenvalue weighted by atomic mass is 10.5. The smallest absolute Gasteiger partial charge is 0.147 e. The van der Waals surface area contributed by atoms with Crippen LogP contribution in [0.15, 0.2) is 18.3 Å². The van der Waals surface area contributed by atoms with Crippen molar-refractivity contribution in [3.05, 3.63) is 24.5 Å². The van der Waals surface area contributed by atoms with Gasteiger partial charge in [0, 0.05) is 6.20 Å². The molecule has 0 fully saturated rings. The molecule has 0 atom stereocenters. The van der Waals surface area contributed by atoms with Gasteiger partial charge < -0.3 is 4.74 Å². The summed E-state index contributed by atoms with van der Waals surface area (Å²) in [7, 11) is 0. The molecule has 47 valence electrons. The lowest BCUT2D eigenvalue weighted by Crippen LogP contribution is -1.90. The Hall–Kier alpha value is -1.05. The number of rotatable bonds is 2. The van der Waals surface area contributed by atoms with Crippen LogP contribution in [0.4, 0.5) is 0 Å². The van der Waals surface area contributed by atoms with Crippen molar-refractivity contribution >= 4 is 0 Å². The number of hydrogen-bond acceptors (Lipinski definition) is 2. The Labute approximate surface area is 54.5 Å². The summed E-state index contributed by atoms with van der Waals surface area (Å²) in [6.45, 7) is 2.60. The number of hydrogen-bond donors (Lipinski definition) is 0. The molecule has 0 amide bonds. The molecule has 1 aromatic rings. The van der Waals surface area contributed by atoms with Crippen LogP contribution in [0, 0.1) is 6.20 Å². The van der Waals surface area contributed by atoms with Crippen LogP contribution in [-0.2, 0) is 0 Å². The van der Waals surface area contributed by atoms with Crippen molar-refractivity contribution in [3.63, 3.8) is 0 Å². The molecule has 1 rings (SSSR count). The van der Waals surface area contributed by atoms with E-state index >= 15 is 0 Å². The third-order valence-electron chi connectivity index (χ3n) is 0.883. The van der Waals surface area contributed by atoms with Gasteiger partial charge in [0.2, 0.25) is 0 Å². The lowest BCUT2D eigenvalue weighted by Gasteiger charge is -1.97. The zero-order valence-electron chi connectivity index (χ0n) is 5.29. The van der Waals surface area contributed by atoms with E-state index in [-0.39, 0.29) is 0 Å². The van der Waals surface area contributed by atoms with Crippen LogP contribution in [0.25, 0.3) is 0 Å². The number of ether oxygens (including phenoxy) is 1. The summed E-state index contributed by atoms with van der Waals surface area (Å²) >= 11 is 0. The predicted octanol–water partition coefficient (Wildman–Crippen LogP) is 1.28. The van der Waals surface area contributed by atoms with Crippen LogP contribution in [0.3, 0.4) is 0 Å². The van der Waals surface area contributed by atoms with Crippen LogP contribution in [0.1, 0.15) is 6.92 Å². The highest BCUT2D eigenvalue weighted by Crippen LogP contribution is 2.03. The normalized spacial score (nSPS) is 9.00. The maximum atomic E-state index is 5.09. The van der Waals surface area contributed by atoms with Crippen molar-refractivity contribution in [3.8, 4) is 5.75 Å². The third-order valence-corrected chi connectivity index (χ3v) is 0.883. The van der Waals surface area contributed by atoms with E-state index in [1.54, 1.807) is 6.20 Å². The van der Waals surface area contributed by atoms with Crippen molar-refractivity contribution in [2.75, 3.05) is 6.61 Å². The molecule has 0 aromatic carbocycles. The van der Waals surface area contributed by atoms with Crippen LogP contribution in [0.2, 0.25) is 0 Å². The van der Waals surface area contributed by atoms with E-state index in [2.05, 4.69) is 11.2 Å². The molecule has 0 saturated heterocycles. The molecule has 2 heteroatoms. The summed E-state index contributed by atoms with van der Waals surface area (Å²) in [5.74, 6) is 0.708. The average molecular weight is 122 g/mol. The highest BCUT2D eigenvalue weighted by molar-refractivity contribution is 5.13. The molecule has 1 radical (unpaired) electrons. The second-order valence-corrected chi connectivity index (χ2v) is 1.55. The van der Waals surface area contributed by atoms with E-state index in [9.17, 15) is 0 Å². The van der Waals surface area contributed by atoms with E-state index in [0.29, 0.717) is 12.4 Å².